The van der Waals surface area contributed by atoms with Crippen molar-refractivity contribution in [1.29, 1.82) is 0 Å². The third kappa shape index (κ3) is 5.84. The Morgan fingerprint density at radius 3 is 2.31 bits per heavy atom. The Morgan fingerprint density at radius 1 is 1.31 bits per heavy atom. The second-order valence-corrected chi connectivity index (χ2v) is 7.14. The Hall–Kier alpha value is -0.100. The largest absolute Gasteiger partial charge is 0.345 e. The molecular formula is C10H20BrNO3S. The summed E-state index contributed by atoms with van der Waals surface area (Å²) in [4.78, 5) is 13.2. The molecule has 1 atom stereocenters. The number of hydrogen-bond acceptors (Lipinski definition) is 3. The molecule has 6 heteroatoms. The van der Waals surface area contributed by atoms with Gasteiger partial charge in [0.25, 0.3) is 0 Å². The van der Waals surface area contributed by atoms with E-state index in [1.54, 1.807) is 7.05 Å². The third-order valence-electron chi connectivity index (χ3n) is 2.49. The minimum Gasteiger partial charge on any atom is -0.345 e. The maximum absolute atomic E-state index is 11.7. The van der Waals surface area contributed by atoms with Crippen LogP contribution in [0.3, 0.4) is 0 Å². The average molecular weight is 314 g/mol. The van der Waals surface area contributed by atoms with Crippen LogP contribution in [-0.4, -0.2) is 49.7 Å². The molecule has 0 rings (SSSR count). The number of halogens is 1. The van der Waals surface area contributed by atoms with Crippen LogP contribution in [0.4, 0.5) is 0 Å². The maximum Gasteiger partial charge on any atom is 0.240 e. The molecule has 0 radical (unpaired) electrons. The highest BCUT2D eigenvalue weighted by Crippen LogP contribution is 2.05. The molecule has 96 valence electrons. The molecule has 1 amide bonds. The van der Waals surface area contributed by atoms with Gasteiger partial charge in [0.05, 0.1) is 0 Å². The van der Waals surface area contributed by atoms with Crippen molar-refractivity contribution < 1.29 is 13.2 Å². The van der Waals surface area contributed by atoms with Gasteiger partial charge in [-0.2, -0.15) is 0 Å². The second kappa shape index (κ2) is 7.27. The lowest BCUT2D eigenvalue weighted by Gasteiger charge is -2.20. The standard InChI is InChI=1S/C10H20BrNO3S/c1-9(16(3,14)15)10(13)12(2)8-6-4-5-7-11/h9H,4-8H2,1-3H3. The lowest BCUT2D eigenvalue weighted by molar-refractivity contribution is -0.129. The number of nitrogens with zero attached hydrogens (tertiary/aromatic N) is 1. The smallest absolute Gasteiger partial charge is 0.240 e. The molecule has 16 heavy (non-hydrogen) atoms. The van der Waals surface area contributed by atoms with E-state index in [1.807, 2.05) is 0 Å². The Kier molecular flexibility index (Phi) is 7.22. The fraction of sp³-hybridized carbons (Fsp3) is 0.900. The number of rotatable bonds is 7. The van der Waals surface area contributed by atoms with Crippen molar-refractivity contribution in [3.05, 3.63) is 0 Å². The number of alkyl halides is 1. The number of unbranched alkanes of at least 4 members (excludes halogenated alkanes) is 2. The van der Waals surface area contributed by atoms with E-state index in [0.29, 0.717) is 6.54 Å². The van der Waals surface area contributed by atoms with E-state index in [0.717, 1.165) is 30.8 Å². The van der Waals surface area contributed by atoms with Crippen LogP contribution in [-0.2, 0) is 14.6 Å². The maximum atomic E-state index is 11.7. The number of amides is 1. The summed E-state index contributed by atoms with van der Waals surface area (Å²) in [5, 5.41) is 0.0263. The van der Waals surface area contributed by atoms with Gasteiger partial charge in [0.2, 0.25) is 5.91 Å². The summed E-state index contributed by atoms with van der Waals surface area (Å²) in [5.74, 6) is -0.318. The summed E-state index contributed by atoms with van der Waals surface area (Å²) in [6.45, 7) is 2.05. The highest BCUT2D eigenvalue weighted by molar-refractivity contribution is 9.09. The lowest BCUT2D eigenvalue weighted by atomic mass is 10.2. The van der Waals surface area contributed by atoms with E-state index in [-0.39, 0.29) is 5.91 Å². The van der Waals surface area contributed by atoms with Crippen LogP contribution in [0.5, 0.6) is 0 Å². The van der Waals surface area contributed by atoms with Gasteiger partial charge in [-0.1, -0.05) is 22.4 Å². The number of sulfone groups is 1. The predicted molar refractivity (Wildman–Crippen MR) is 69.6 cm³/mol. The highest BCUT2D eigenvalue weighted by atomic mass is 79.9. The molecule has 0 saturated heterocycles. The number of carbonyl (C=O) groups is 1. The molecule has 0 spiro atoms. The molecule has 1 unspecified atom stereocenters. The average Bonchev–Trinajstić information content (AvgIpc) is 2.20. The van der Waals surface area contributed by atoms with Gasteiger partial charge in [-0.25, -0.2) is 8.42 Å². The molecule has 0 fully saturated rings. The topological polar surface area (TPSA) is 54.5 Å². The van der Waals surface area contributed by atoms with Crippen molar-refractivity contribution in [1.82, 2.24) is 4.90 Å². The lowest BCUT2D eigenvalue weighted by Crippen LogP contribution is -2.39. The summed E-state index contributed by atoms with van der Waals surface area (Å²) in [6, 6.07) is 0. The van der Waals surface area contributed by atoms with Gasteiger partial charge in [-0.3, -0.25) is 4.79 Å². The van der Waals surface area contributed by atoms with Crippen molar-refractivity contribution in [3.63, 3.8) is 0 Å². The van der Waals surface area contributed by atoms with Crippen LogP contribution in [0.2, 0.25) is 0 Å². The molecule has 0 aromatic carbocycles. The van der Waals surface area contributed by atoms with Crippen LogP contribution in [0, 0.1) is 0 Å². The van der Waals surface area contributed by atoms with E-state index in [2.05, 4.69) is 15.9 Å². The Bertz CT molecular complexity index is 316. The van der Waals surface area contributed by atoms with E-state index < -0.39 is 15.1 Å². The zero-order valence-corrected chi connectivity index (χ0v) is 12.5. The SMILES string of the molecule is CC(C(=O)N(C)CCCCCBr)S(C)(=O)=O. The van der Waals surface area contributed by atoms with E-state index >= 15 is 0 Å². The Morgan fingerprint density at radius 2 is 1.88 bits per heavy atom. The molecule has 4 nitrogen and oxygen atoms in total. The van der Waals surface area contributed by atoms with Crippen LogP contribution < -0.4 is 0 Å². The molecule has 0 bridgehead atoms. The van der Waals surface area contributed by atoms with Crippen LogP contribution >= 0.6 is 15.9 Å². The second-order valence-electron chi connectivity index (χ2n) is 3.98. The molecule has 0 aliphatic carbocycles. The van der Waals surface area contributed by atoms with Crippen molar-refractivity contribution in [2.45, 2.75) is 31.4 Å². The molecule has 0 aromatic heterocycles. The summed E-state index contributed by atoms with van der Waals surface area (Å²) < 4.78 is 22.4. The first-order chi connectivity index (χ1) is 7.30. The monoisotopic (exact) mass is 313 g/mol. The van der Waals surface area contributed by atoms with Crippen molar-refractivity contribution in [2.75, 3.05) is 25.2 Å². The van der Waals surface area contributed by atoms with Crippen molar-refractivity contribution in [3.8, 4) is 0 Å². The Labute approximate surface area is 106 Å². The van der Waals surface area contributed by atoms with Gasteiger partial charge in [0.1, 0.15) is 5.25 Å². The van der Waals surface area contributed by atoms with Crippen LogP contribution in [0.15, 0.2) is 0 Å². The Balaban J connectivity index is 4.09. The summed E-state index contributed by atoms with van der Waals surface area (Å²) in [7, 11) is -1.63. The predicted octanol–water partition coefficient (Wildman–Crippen LogP) is 1.44. The van der Waals surface area contributed by atoms with Gasteiger partial charge in [-0.15, -0.1) is 0 Å². The number of carbonyl (C=O) groups excluding carboxylic acids is 1. The normalized spacial score (nSPS) is 13.5. The molecule has 0 aliphatic heterocycles. The molecule has 0 aromatic rings. The van der Waals surface area contributed by atoms with Gasteiger partial charge in [0, 0.05) is 25.2 Å². The molecular weight excluding hydrogens is 294 g/mol. The van der Waals surface area contributed by atoms with E-state index in [4.69, 9.17) is 0 Å². The third-order valence-corrected chi connectivity index (χ3v) is 4.54. The first-order valence-electron chi connectivity index (χ1n) is 5.30. The molecule has 0 aliphatic rings. The quantitative estimate of drug-likeness (QED) is 0.528. The van der Waals surface area contributed by atoms with Crippen molar-refractivity contribution >= 4 is 31.7 Å². The molecule has 0 heterocycles. The first kappa shape index (κ1) is 15.9. The fourth-order valence-corrected chi connectivity index (χ4v) is 2.17. The van der Waals surface area contributed by atoms with Gasteiger partial charge in [-0.05, 0) is 19.8 Å². The zero-order chi connectivity index (χ0) is 12.8. The summed E-state index contributed by atoms with van der Waals surface area (Å²) in [5.41, 5.74) is 0. The minimum absolute atomic E-state index is 0.318. The van der Waals surface area contributed by atoms with Crippen molar-refractivity contribution in [2.24, 2.45) is 0 Å². The van der Waals surface area contributed by atoms with Crippen LogP contribution in [0.25, 0.3) is 0 Å². The summed E-state index contributed by atoms with van der Waals surface area (Å²) >= 11 is 3.33. The van der Waals surface area contributed by atoms with Gasteiger partial charge in [0.15, 0.2) is 9.84 Å². The van der Waals surface area contributed by atoms with E-state index in [9.17, 15) is 13.2 Å². The zero-order valence-electron chi connectivity index (χ0n) is 10.1. The van der Waals surface area contributed by atoms with Gasteiger partial charge < -0.3 is 4.90 Å². The van der Waals surface area contributed by atoms with Crippen LogP contribution in [0.1, 0.15) is 26.2 Å². The summed E-state index contributed by atoms with van der Waals surface area (Å²) in [6.07, 6.45) is 4.11. The fourth-order valence-electron chi connectivity index (χ4n) is 1.22. The van der Waals surface area contributed by atoms with Gasteiger partial charge >= 0.3 is 0 Å². The van der Waals surface area contributed by atoms with E-state index in [1.165, 1.54) is 11.8 Å². The minimum atomic E-state index is -3.28. The first-order valence-corrected chi connectivity index (χ1v) is 8.38. The molecule has 0 saturated carbocycles. The molecule has 0 N–H and O–H groups in total. The number of hydrogen-bond donors (Lipinski definition) is 0. The highest BCUT2D eigenvalue weighted by Gasteiger charge is 2.25.